The number of para-hydroxylation sites is 1. The Balaban J connectivity index is 1.04. The molecule has 2 aromatic heterocycles. The lowest BCUT2D eigenvalue weighted by Gasteiger charge is -2.11. The monoisotopic (exact) mass is 677 g/mol. The van der Waals surface area contributed by atoms with Crippen molar-refractivity contribution in [2.75, 3.05) is 0 Å². The molecular weight excluding hydrogens is 647 g/mol. The summed E-state index contributed by atoms with van der Waals surface area (Å²) < 4.78 is 6.40. The predicted octanol–water partition coefficient (Wildman–Crippen LogP) is 12.9. The molecule has 0 fully saturated rings. The summed E-state index contributed by atoms with van der Waals surface area (Å²) in [7, 11) is 0. The van der Waals surface area contributed by atoms with Crippen LogP contribution in [-0.2, 0) is 0 Å². The van der Waals surface area contributed by atoms with E-state index in [4.69, 9.17) is 19.4 Å². The van der Waals surface area contributed by atoms with Gasteiger partial charge < -0.3 is 4.42 Å². The van der Waals surface area contributed by atoms with Crippen molar-refractivity contribution in [1.82, 2.24) is 15.0 Å². The van der Waals surface area contributed by atoms with Crippen molar-refractivity contribution in [1.29, 1.82) is 0 Å². The van der Waals surface area contributed by atoms with E-state index in [1.165, 1.54) is 16.3 Å². The number of fused-ring (bicyclic) bond motifs is 4. The van der Waals surface area contributed by atoms with E-state index in [0.29, 0.717) is 17.5 Å². The van der Waals surface area contributed by atoms with E-state index in [9.17, 15) is 0 Å². The Morgan fingerprint density at radius 3 is 1.45 bits per heavy atom. The Bertz CT molecular complexity index is 2910. The molecule has 0 radical (unpaired) electrons. The van der Waals surface area contributed by atoms with E-state index in [2.05, 4.69) is 140 Å². The summed E-state index contributed by atoms with van der Waals surface area (Å²) in [4.78, 5) is 15.0. The third kappa shape index (κ3) is 5.73. The molecule has 0 unspecified atom stereocenters. The van der Waals surface area contributed by atoms with Crippen LogP contribution in [0.5, 0.6) is 0 Å². The molecule has 0 atom stereocenters. The van der Waals surface area contributed by atoms with E-state index in [1.54, 1.807) is 0 Å². The normalized spacial score (nSPS) is 11.4. The van der Waals surface area contributed by atoms with Gasteiger partial charge in [-0.3, -0.25) is 0 Å². The second kappa shape index (κ2) is 12.9. The number of furan rings is 1. The van der Waals surface area contributed by atoms with Crippen molar-refractivity contribution in [2.24, 2.45) is 0 Å². The first-order valence-electron chi connectivity index (χ1n) is 17.8. The van der Waals surface area contributed by atoms with Gasteiger partial charge in [-0.1, -0.05) is 164 Å². The average molecular weight is 678 g/mol. The Morgan fingerprint density at radius 1 is 0.302 bits per heavy atom. The van der Waals surface area contributed by atoms with Crippen molar-refractivity contribution in [3.8, 4) is 67.5 Å². The SMILES string of the molecule is c1ccc(-c2nc(-c3ccc(-c4ccc5ccccc5c4)cc3)nc(-c3ccc(-c4cc(-c5ccccc5)c5c(c4)oc4ccccc45)cc3)n2)cc1. The number of hydrogen-bond acceptors (Lipinski definition) is 4. The van der Waals surface area contributed by atoms with Gasteiger partial charge in [0.2, 0.25) is 0 Å². The summed E-state index contributed by atoms with van der Waals surface area (Å²) >= 11 is 0. The molecule has 0 aliphatic rings. The van der Waals surface area contributed by atoms with Gasteiger partial charge in [-0.15, -0.1) is 0 Å². The standard InChI is InChI=1S/C49H31N3O/c1-3-12-35(13-4-1)43-30-41(31-45-46(43)42-17-9-10-18-44(42)53-45)34-21-26-38(27-22-34)49-51-47(36-14-5-2-6-15-36)50-48(52-49)37-24-19-33(20-25-37)40-28-23-32-11-7-8-16-39(32)29-40/h1-31H. The highest BCUT2D eigenvalue weighted by Crippen LogP contribution is 2.40. The van der Waals surface area contributed by atoms with Crippen molar-refractivity contribution >= 4 is 32.7 Å². The fourth-order valence-electron chi connectivity index (χ4n) is 7.21. The number of hydrogen-bond donors (Lipinski definition) is 0. The molecule has 0 amide bonds. The van der Waals surface area contributed by atoms with Gasteiger partial charge >= 0.3 is 0 Å². The lowest BCUT2D eigenvalue weighted by atomic mass is 9.94. The van der Waals surface area contributed by atoms with Crippen molar-refractivity contribution in [3.05, 3.63) is 188 Å². The fourth-order valence-corrected chi connectivity index (χ4v) is 7.21. The molecule has 0 saturated carbocycles. The zero-order valence-corrected chi connectivity index (χ0v) is 28.6. The van der Waals surface area contributed by atoms with Crippen LogP contribution in [-0.4, -0.2) is 15.0 Å². The van der Waals surface area contributed by atoms with E-state index in [1.807, 2.05) is 48.5 Å². The van der Waals surface area contributed by atoms with E-state index >= 15 is 0 Å². The highest BCUT2D eigenvalue weighted by atomic mass is 16.3. The van der Waals surface area contributed by atoms with Gasteiger partial charge in [0.1, 0.15) is 11.2 Å². The van der Waals surface area contributed by atoms with Crippen LogP contribution in [0.2, 0.25) is 0 Å². The van der Waals surface area contributed by atoms with Gasteiger partial charge in [0.15, 0.2) is 17.5 Å². The van der Waals surface area contributed by atoms with Gasteiger partial charge in [-0.25, -0.2) is 15.0 Å². The maximum Gasteiger partial charge on any atom is 0.164 e. The lowest BCUT2D eigenvalue weighted by molar-refractivity contribution is 0.669. The zero-order valence-electron chi connectivity index (χ0n) is 28.6. The first kappa shape index (κ1) is 30.6. The fraction of sp³-hybridized carbons (Fsp3) is 0. The van der Waals surface area contributed by atoms with Gasteiger partial charge in [0.05, 0.1) is 0 Å². The molecule has 8 aromatic carbocycles. The third-order valence-corrected chi connectivity index (χ3v) is 9.93. The van der Waals surface area contributed by atoms with Crippen molar-refractivity contribution in [3.63, 3.8) is 0 Å². The molecule has 0 spiro atoms. The molecule has 0 aliphatic heterocycles. The number of aromatic nitrogens is 3. The van der Waals surface area contributed by atoms with Crippen LogP contribution >= 0.6 is 0 Å². The van der Waals surface area contributed by atoms with Gasteiger partial charge in [-0.05, 0) is 68.4 Å². The van der Waals surface area contributed by atoms with Crippen molar-refractivity contribution in [2.45, 2.75) is 0 Å². The van der Waals surface area contributed by atoms with E-state index in [0.717, 1.165) is 66.4 Å². The second-order valence-corrected chi connectivity index (χ2v) is 13.3. The molecule has 10 aromatic rings. The molecule has 2 heterocycles. The molecule has 10 rings (SSSR count). The van der Waals surface area contributed by atoms with Crippen LogP contribution in [0.15, 0.2) is 192 Å². The minimum absolute atomic E-state index is 0.622. The molecule has 0 N–H and O–H groups in total. The Labute approximate surface area is 306 Å². The summed E-state index contributed by atoms with van der Waals surface area (Å²) in [6, 6.07) is 65.2. The van der Waals surface area contributed by atoms with Crippen LogP contribution < -0.4 is 0 Å². The topological polar surface area (TPSA) is 51.8 Å². The van der Waals surface area contributed by atoms with Gasteiger partial charge in [0.25, 0.3) is 0 Å². The molecule has 4 heteroatoms. The molecule has 0 bridgehead atoms. The quantitative estimate of drug-likeness (QED) is 0.176. The highest BCUT2D eigenvalue weighted by Gasteiger charge is 2.16. The third-order valence-electron chi connectivity index (χ3n) is 9.93. The minimum atomic E-state index is 0.622. The van der Waals surface area contributed by atoms with Crippen LogP contribution in [0, 0.1) is 0 Å². The number of nitrogens with zero attached hydrogens (tertiary/aromatic N) is 3. The van der Waals surface area contributed by atoms with Crippen LogP contribution in [0.1, 0.15) is 0 Å². The highest BCUT2D eigenvalue weighted by molar-refractivity contribution is 6.13. The smallest absolute Gasteiger partial charge is 0.164 e. The molecular formula is C49H31N3O. The minimum Gasteiger partial charge on any atom is -0.456 e. The largest absolute Gasteiger partial charge is 0.456 e. The first-order chi connectivity index (χ1) is 26.2. The van der Waals surface area contributed by atoms with Crippen LogP contribution in [0.4, 0.5) is 0 Å². The van der Waals surface area contributed by atoms with E-state index < -0.39 is 0 Å². The number of benzene rings is 8. The molecule has 53 heavy (non-hydrogen) atoms. The summed E-state index contributed by atoms with van der Waals surface area (Å²) in [5, 5.41) is 4.70. The maximum absolute atomic E-state index is 6.40. The molecule has 4 nitrogen and oxygen atoms in total. The van der Waals surface area contributed by atoms with Crippen molar-refractivity contribution < 1.29 is 4.42 Å². The predicted molar refractivity (Wildman–Crippen MR) is 217 cm³/mol. The van der Waals surface area contributed by atoms with Crippen LogP contribution in [0.3, 0.4) is 0 Å². The zero-order chi connectivity index (χ0) is 35.1. The summed E-state index contributed by atoms with van der Waals surface area (Å²) in [5.74, 6) is 1.89. The Morgan fingerprint density at radius 2 is 0.792 bits per heavy atom. The Hall–Kier alpha value is -7.17. The molecule has 0 saturated heterocycles. The first-order valence-corrected chi connectivity index (χ1v) is 17.8. The molecule has 248 valence electrons. The summed E-state index contributed by atoms with van der Waals surface area (Å²) in [6.07, 6.45) is 0. The Kier molecular flexibility index (Phi) is 7.43. The maximum atomic E-state index is 6.40. The number of rotatable bonds is 6. The summed E-state index contributed by atoms with van der Waals surface area (Å²) in [6.45, 7) is 0. The van der Waals surface area contributed by atoms with Crippen LogP contribution in [0.25, 0.3) is 100 Å². The second-order valence-electron chi connectivity index (χ2n) is 13.3. The van der Waals surface area contributed by atoms with Gasteiger partial charge in [0, 0.05) is 27.5 Å². The summed E-state index contributed by atoms with van der Waals surface area (Å²) in [5.41, 5.74) is 11.3. The molecule has 0 aliphatic carbocycles. The average Bonchev–Trinajstić information content (AvgIpc) is 3.62. The van der Waals surface area contributed by atoms with Gasteiger partial charge in [-0.2, -0.15) is 0 Å². The lowest BCUT2D eigenvalue weighted by Crippen LogP contribution is -2.00. The van der Waals surface area contributed by atoms with E-state index in [-0.39, 0.29) is 0 Å².